The Morgan fingerprint density at radius 1 is 1.33 bits per heavy atom. The average Bonchev–Trinajstić information content (AvgIpc) is 3.06. The van der Waals surface area contributed by atoms with Gasteiger partial charge in [0.1, 0.15) is 11.2 Å². The number of ketones is 1. The first kappa shape index (κ1) is 12.3. The van der Waals surface area contributed by atoms with Crippen molar-refractivity contribution in [1.82, 2.24) is 14.8 Å². The molecule has 1 aliphatic carbocycles. The fraction of sp³-hybridized carbons (Fsp3) is 0.375. The maximum atomic E-state index is 12.3. The molecular weight excluding hydrogens is 264 g/mol. The van der Waals surface area contributed by atoms with Gasteiger partial charge in [-0.25, -0.2) is 9.67 Å². The van der Waals surface area contributed by atoms with E-state index in [-0.39, 0.29) is 17.6 Å². The number of benzene rings is 1. The molecule has 5 nitrogen and oxygen atoms in total. The number of aromatic nitrogens is 3. The summed E-state index contributed by atoms with van der Waals surface area (Å²) in [6, 6.07) is 12.4. The Balaban J connectivity index is 1.69. The number of hydrogen-bond donors (Lipinski definition) is 0. The second kappa shape index (κ2) is 4.26. The smallest absolute Gasteiger partial charge is 0.222 e. The minimum atomic E-state index is -0.842. The van der Waals surface area contributed by atoms with Crippen LogP contribution in [0.5, 0.6) is 0 Å². The maximum Gasteiger partial charge on any atom is 0.222 e. The van der Waals surface area contributed by atoms with Gasteiger partial charge in [0.2, 0.25) is 11.6 Å². The summed E-state index contributed by atoms with van der Waals surface area (Å²) in [4.78, 5) is 16.7. The molecule has 1 atom stereocenters. The van der Waals surface area contributed by atoms with Crippen LogP contribution in [-0.4, -0.2) is 20.5 Å². The number of Topliss-reactive ketones (excluding diaryl/α,β-unsaturated/α-hetero) is 1. The third-order valence-electron chi connectivity index (χ3n) is 4.42. The summed E-state index contributed by atoms with van der Waals surface area (Å²) in [5.74, 6) is 0.851. The standard InChI is InChI=1S/C16H14N4O/c17-10-16(8-9-16)14(21)15-18-13-7-6-12(20(13)19-15)11-4-2-1-3-5-11/h1-5,12H,6-9H2. The van der Waals surface area contributed by atoms with E-state index in [1.165, 1.54) is 5.56 Å². The molecule has 1 aromatic carbocycles. The first-order chi connectivity index (χ1) is 10.2. The van der Waals surface area contributed by atoms with Gasteiger partial charge in [-0.2, -0.15) is 5.26 Å². The molecule has 1 fully saturated rings. The van der Waals surface area contributed by atoms with Crippen molar-refractivity contribution in [3.8, 4) is 6.07 Å². The maximum absolute atomic E-state index is 12.3. The molecule has 5 heteroatoms. The molecule has 0 bridgehead atoms. The van der Waals surface area contributed by atoms with Crippen molar-refractivity contribution >= 4 is 5.78 Å². The number of nitrogens with zero attached hydrogens (tertiary/aromatic N) is 4. The summed E-state index contributed by atoms with van der Waals surface area (Å²) in [5, 5.41) is 13.5. The molecule has 1 aromatic heterocycles. The third kappa shape index (κ3) is 1.79. The lowest BCUT2D eigenvalue weighted by Crippen LogP contribution is -2.17. The van der Waals surface area contributed by atoms with E-state index in [1.54, 1.807) is 0 Å². The van der Waals surface area contributed by atoms with E-state index in [0.717, 1.165) is 18.7 Å². The fourth-order valence-electron chi connectivity index (χ4n) is 2.97. The van der Waals surface area contributed by atoms with Gasteiger partial charge in [-0.05, 0) is 24.8 Å². The molecule has 0 spiro atoms. The van der Waals surface area contributed by atoms with Gasteiger partial charge in [0.05, 0.1) is 12.1 Å². The second-order valence-corrected chi connectivity index (χ2v) is 5.78. The van der Waals surface area contributed by atoms with Crippen molar-refractivity contribution in [1.29, 1.82) is 5.26 Å². The lowest BCUT2D eigenvalue weighted by Gasteiger charge is -2.11. The zero-order valence-corrected chi connectivity index (χ0v) is 11.5. The van der Waals surface area contributed by atoms with Gasteiger partial charge in [-0.3, -0.25) is 4.79 Å². The predicted octanol–water partition coefficient (Wildman–Crippen LogP) is 2.30. The molecule has 21 heavy (non-hydrogen) atoms. The molecule has 4 rings (SSSR count). The van der Waals surface area contributed by atoms with E-state index in [9.17, 15) is 4.79 Å². The van der Waals surface area contributed by atoms with Crippen molar-refractivity contribution in [2.24, 2.45) is 5.41 Å². The van der Waals surface area contributed by atoms with Gasteiger partial charge < -0.3 is 0 Å². The summed E-state index contributed by atoms with van der Waals surface area (Å²) in [5.41, 5.74) is 0.340. The molecule has 1 saturated carbocycles. The van der Waals surface area contributed by atoms with E-state index >= 15 is 0 Å². The Bertz CT molecular complexity index is 752. The number of rotatable bonds is 3. The van der Waals surface area contributed by atoms with Crippen LogP contribution in [0.1, 0.15) is 47.3 Å². The quantitative estimate of drug-likeness (QED) is 0.808. The van der Waals surface area contributed by atoms with Gasteiger partial charge in [0, 0.05) is 6.42 Å². The SMILES string of the molecule is N#CC1(C(=O)c2nc3n(n2)C(c2ccccc2)CC3)CC1. The third-order valence-corrected chi connectivity index (χ3v) is 4.42. The van der Waals surface area contributed by atoms with Gasteiger partial charge in [0.25, 0.3) is 0 Å². The highest BCUT2D eigenvalue weighted by Crippen LogP contribution is 2.47. The Morgan fingerprint density at radius 2 is 2.10 bits per heavy atom. The molecule has 1 aliphatic heterocycles. The lowest BCUT2D eigenvalue weighted by atomic mass is 10.0. The van der Waals surface area contributed by atoms with Crippen LogP contribution in [-0.2, 0) is 6.42 Å². The molecule has 0 N–H and O–H groups in total. The van der Waals surface area contributed by atoms with E-state index in [2.05, 4.69) is 28.3 Å². The summed E-state index contributed by atoms with van der Waals surface area (Å²) in [6.45, 7) is 0. The van der Waals surface area contributed by atoms with Crippen LogP contribution >= 0.6 is 0 Å². The normalized spacial score (nSPS) is 21.6. The zero-order chi connectivity index (χ0) is 14.4. The van der Waals surface area contributed by atoms with Crippen molar-refractivity contribution in [3.63, 3.8) is 0 Å². The number of hydrogen-bond acceptors (Lipinski definition) is 4. The van der Waals surface area contributed by atoms with Crippen LogP contribution < -0.4 is 0 Å². The highest BCUT2D eigenvalue weighted by Gasteiger charge is 2.52. The van der Waals surface area contributed by atoms with Crippen molar-refractivity contribution in [3.05, 3.63) is 47.5 Å². The van der Waals surface area contributed by atoms with Crippen molar-refractivity contribution < 1.29 is 4.79 Å². The molecule has 104 valence electrons. The van der Waals surface area contributed by atoms with Gasteiger partial charge in [0.15, 0.2) is 0 Å². The molecule has 0 radical (unpaired) electrons. The monoisotopic (exact) mass is 278 g/mol. The Labute approximate surface area is 122 Å². The van der Waals surface area contributed by atoms with Crippen LogP contribution in [0.3, 0.4) is 0 Å². The topological polar surface area (TPSA) is 71.6 Å². The number of carbonyl (C=O) groups excluding carboxylic acids is 1. The minimum absolute atomic E-state index is 0.146. The first-order valence-electron chi connectivity index (χ1n) is 7.20. The molecule has 0 amide bonds. The lowest BCUT2D eigenvalue weighted by molar-refractivity contribution is 0.0923. The van der Waals surface area contributed by atoms with E-state index in [1.807, 2.05) is 22.9 Å². The Hall–Kier alpha value is -2.48. The Morgan fingerprint density at radius 3 is 2.76 bits per heavy atom. The number of nitriles is 1. The first-order valence-corrected chi connectivity index (χ1v) is 7.20. The molecule has 2 heterocycles. The Kier molecular flexibility index (Phi) is 2.49. The van der Waals surface area contributed by atoms with Crippen LogP contribution in [0.2, 0.25) is 0 Å². The van der Waals surface area contributed by atoms with Crippen molar-refractivity contribution in [2.45, 2.75) is 31.7 Å². The van der Waals surface area contributed by atoms with Crippen LogP contribution in [0, 0.1) is 16.7 Å². The van der Waals surface area contributed by atoms with E-state index < -0.39 is 5.41 Å². The molecule has 2 aliphatic rings. The summed E-state index contributed by atoms with van der Waals surface area (Å²) in [7, 11) is 0. The zero-order valence-electron chi connectivity index (χ0n) is 11.5. The predicted molar refractivity (Wildman–Crippen MR) is 74.5 cm³/mol. The van der Waals surface area contributed by atoms with E-state index in [4.69, 9.17) is 5.26 Å². The summed E-state index contributed by atoms with van der Waals surface area (Å²) >= 11 is 0. The number of carbonyl (C=O) groups is 1. The largest absolute Gasteiger partial charge is 0.289 e. The van der Waals surface area contributed by atoms with Crippen LogP contribution in [0.4, 0.5) is 0 Å². The van der Waals surface area contributed by atoms with Crippen LogP contribution in [0.25, 0.3) is 0 Å². The number of aryl methyl sites for hydroxylation is 1. The second-order valence-electron chi connectivity index (χ2n) is 5.78. The molecule has 1 unspecified atom stereocenters. The van der Waals surface area contributed by atoms with Crippen molar-refractivity contribution in [2.75, 3.05) is 0 Å². The fourth-order valence-corrected chi connectivity index (χ4v) is 2.97. The van der Waals surface area contributed by atoms with Gasteiger partial charge in [-0.15, -0.1) is 5.10 Å². The van der Waals surface area contributed by atoms with E-state index in [0.29, 0.717) is 12.8 Å². The highest BCUT2D eigenvalue weighted by molar-refractivity contribution is 6.01. The van der Waals surface area contributed by atoms with Crippen LogP contribution in [0.15, 0.2) is 30.3 Å². The van der Waals surface area contributed by atoms with Gasteiger partial charge in [-0.1, -0.05) is 30.3 Å². The summed E-state index contributed by atoms with van der Waals surface area (Å²) < 4.78 is 1.86. The molecule has 2 aromatic rings. The molecular formula is C16H14N4O. The summed E-state index contributed by atoms with van der Waals surface area (Å²) in [6.07, 6.45) is 3.04. The minimum Gasteiger partial charge on any atom is -0.289 e. The van der Waals surface area contributed by atoms with Gasteiger partial charge >= 0.3 is 0 Å². The average molecular weight is 278 g/mol. The highest BCUT2D eigenvalue weighted by atomic mass is 16.1. The number of fused-ring (bicyclic) bond motifs is 1. The molecule has 0 saturated heterocycles.